The predicted molar refractivity (Wildman–Crippen MR) is 334 cm³/mol. The topological polar surface area (TPSA) is 78.9 Å². The van der Waals surface area contributed by atoms with E-state index in [2.05, 4.69) is 99.8 Å². The predicted octanol–water partition coefficient (Wildman–Crippen LogP) is 22.7. The normalized spacial score (nSPS) is 12.6. The quantitative estimate of drug-likeness (QED) is 0.0261. The zero-order valence-corrected chi connectivity index (χ0v) is 51.0. The Kier molecular flexibility index (Phi) is 62.2. The van der Waals surface area contributed by atoms with Gasteiger partial charge >= 0.3 is 17.9 Å². The van der Waals surface area contributed by atoms with Crippen molar-refractivity contribution in [2.24, 2.45) is 0 Å². The second-order valence-corrected chi connectivity index (χ2v) is 22.0. The molecule has 444 valence electrons. The highest BCUT2D eigenvalue weighted by atomic mass is 16.6. The van der Waals surface area contributed by atoms with Crippen LogP contribution in [0, 0.1) is 0 Å². The van der Waals surface area contributed by atoms with Crippen molar-refractivity contribution in [3.8, 4) is 0 Å². The Morgan fingerprint density at radius 1 is 0.273 bits per heavy atom. The Morgan fingerprint density at radius 3 is 0.909 bits per heavy atom. The number of hydrogen-bond acceptors (Lipinski definition) is 6. The number of unbranched alkanes of at least 4 members (excludes halogenated alkanes) is 35. The molecular weight excluding hydrogens is 949 g/mol. The number of allylic oxidation sites excluding steroid dienone is 14. The molecule has 0 bridgehead atoms. The zero-order valence-electron chi connectivity index (χ0n) is 51.0. The molecule has 0 amide bonds. The molecule has 1 unspecified atom stereocenters. The van der Waals surface area contributed by atoms with Gasteiger partial charge in [0.2, 0.25) is 0 Å². The zero-order chi connectivity index (χ0) is 55.7. The van der Waals surface area contributed by atoms with Crippen molar-refractivity contribution in [3.05, 3.63) is 85.1 Å². The molecule has 0 aliphatic heterocycles. The van der Waals surface area contributed by atoms with Gasteiger partial charge in [-0.15, -0.1) is 0 Å². The minimum atomic E-state index is -0.808. The number of ether oxygens (including phenoxy) is 3. The maximum Gasteiger partial charge on any atom is 0.306 e. The van der Waals surface area contributed by atoms with Crippen LogP contribution in [-0.4, -0.2) is 37.2 Å². The van der Waals surface area contributed by atoms with Crippen LogP contribution in [0.25, 0.3) is 0 Å². The van der Waals surface area contributed by atoms with Crippen LogP contribution in [0.5, 0.6) is 0 Å². The third kappa shape index (κ3) is 63.3. The highest BCUT2D eigenvalue weighted by Gasteiger charge is 2.19. The lowest BCUT2D eigenvalue weighted by Crippen LogP contribution is -2.30. The van der Waals surface area contributed by atoms with Crippen LogP contribution in [0.4, 0.5) is 0 Å². The Labute approximate surface area is 477 Å². The Morgan fingerprint density at radius 2 is 0.532 bits per heavy atom. The molecule has 0 heterocycles. The third-order valence-electron chi connectivity index (χ3n) is 14.4. The van der Waals surface area contributed by atoms with Gasteiger partial charge in [0.15, 0.2) is 6.10 Å². The molecule has 0 aromatic rings. The molecular formula is C71H124O6. The average molecular weight is 1070 g/mol. The molecule has 0 radical (unpaired) electrons. The summed E-state index contributed by atoms with van der Waals surface area (Å²) in [6, 6.07) is 0. The second-order valence-electron chi connectivity index (χ2n) is 22.0. The minimum absolute atomic E-state index is 0.0983. The highest BCUT2D eigenvalue weighted by molar-refractivity contribution is 5.71. The fourth-order valence-corrected chi connectivity index (χ4v) is 9.43. The first-order valence-corrected chi connectivity index (χ1v) is 33.1. The number of carbonyl (C=O) groups is 3. The molecule has 0 rings (SSSR count). The van der Waals surface area contributed by atoms with E-state index < -0.39 is 6.10 Å². The summed E-state index contributed by atoms with van der Waals surface area (Å²) >= 11 is 0. The molecule has 0 aromatic heterocycles. The summed E-state index contributed by atoms with van der Waals surface area (Å²) in [5, 5.41) is 0. The van der Waals surface area contributed by atoms with Crippen molar-refractivity contribution < 1.29 is 28.6 Å². The molecule has 6 heteroatoms. The fraction of sp³-hybridized carbons (Fsp3) is 0.761. The maximum absolute atomic E-state index is 12.9. The molecule has 0 N–H and O–H groups in total. The number of carbonyl (C=O) groups excluding carboxylic acids is 3. The van der Waals surface area contributed by atoms with Crippen LogP contribution in [0.1, 0.15) is 329 Å². The van der Waals surface area contributed by atoms with Crippen molar-refractivity contribution in [2.75, 3.05) is 13.2 Å². The van der Waals surface area contributed by atoms with Crippen LogP contribution >= 0.6 is 0 Å². The van der Waals surface area contributed by atoms with E-state index in [9.17, 15) is 14.4 Å². The van der Waals surface area contributed by atoms with E-state index in [-0.39, 0.29) is 37.5 Å². The Hall–Kier alpha value is -3.41. The standard InChI is InChI=1S/C71H124O6/c1-4-7-10-13-16-19-22-25-27-29-31-32-33-34-35-36-37-38-40-41-43-46-49-52-55-58-61-64-70(73)76-67-68(66-75-69(72)63-60-57-54-51-48-45-24-21-18-15-12-9-6-3)77-71(74)65-62-59-56-53-50-47-44-42-39-30-28-26-23-20-17-14-11-8-5-2/h9,12,17-18,20-21,26,28-29,31,45,48,54,57,68H,4-8,10-11,13-16,19,22-25,27,30,32-44,46-47,49-53,55-56,58-67H2,1-3H3/b12-9-,20-17-,21-18-,28-26-,31-29-,48-45-,57-54-. The van der Waals surface area contributed by atoms with Crippen LogP contribution in [0.2, 0.25) is 0 Å². The summed E-state index contributed by atoms with van der Waals surface area (Å²) < 4.78 is 16.9. The highest BCUT2D eigenvalue weighted by Crippen LogP contribution is 2.17. The third-order valence-corrected chi connectivity index (χ3v) is 14.4. The number of hydrogen-bond donors (Lipinski definition) is 0. The van der Waals surface area contributed by atoms with E-state index in [0.717, 1.165) is 70.6 Å². The van der Waals surface area contributed by atoms with Crippen molar-refractivity contribution in [3.63, 3.8) is 0 Å². The van der Waals surface area contributed by atoms with E-state index >= 15 is 0 Å². The smallest absolute Gasteiger partial charge is 0.306 e. The molecule has 0 aromatic carbocycles. The van der Waals surface area contributed by atoms with Crippen molar-refractivity contribution in [2.45, 2.75) is 335 Å². The van der Waals surface area contributed by atoms with Gasteiger partial charge in [-0.3, -0.25) is 14.4 Å². The van der Waals surface area contributed by atoms with Gasteiger partial charge in [-0.1, -0.05) is 292 Å². The van der Waals surface area contributed by atoms with Crippen molar-refractivity contribution >= 4 is 17.9 Å². The van der Waals surface area contributed by atoms with Gasteiger partial charge in [0.25, 0.3) is 0 Å². The van der Waals surface area contributed by atoms with E-state index in [1.165, 1.54) is 212 Å². The van der Waals surface area contributed by atoms with E-state index in [4.69, 9.17) is 14.2 Å². The van der Waals surface area contributed by atoms with E-state index in [1.54, 1.807) is 0 Å². The molecule has 77 heavy (non-hydrogen) atoms. The fourth-order valence-electron chi connectivity index (χ4n) is 9.43. The van der Waals surface area contributed by atoms with Crippen LogP contribution in [0.15, 0.2) is 85.1 Å². The molecule has 1 atom stereocenters. The summed E-state index contributed by atoms with van der Waals surface area (Å²) in [6.07, 6.45) is 86.2. The lowest BCUT2D eigenvalue weighted by atomic mass is 10.0. The molecule has 0 aliphatic rings. The van der Waals surface area contributed by atoms with Crippen molar-refractivity contribution in [1.29, 1.82) is 0 Å². The van der Waals surface area contributed by atoms with Gasteiger partial charge in [0, 0.05) is 19.3 Å². The molecule has 0 fully saturated rings. The summed E-state index contributed by atoms with van der Waals surface area (Å²) in [7, 11) is 0. The first kappa shape index (κ1) is 73.6. The van der Waals surface area contributed by atoms with Gasteiger partial charge in [-0.05, 0) is 103 Å². The Balaban J connectivity index is 4.29. The number of esters is 3. The second kappa shape index (κ2) is 65.1. The monoisotopic (exact) mass is 1070 g/mol. The van der Waals surface area contributed by atoms with E-state index in [0.29, 0.717) is 19.3 Å². The lowest BCUT2D eigenvalue weighted by Gasteiger charge is -2.18. The number of rotatable bonds is 60. The van der Waals surface area contributed by atoms with E-state index in [1.807, 2.05) is 6.08 Å². The minimum Gasteiger partial charge on any atom is -0.462 e. The van der Waals surface area contributed by atoms with Gasteiger partial charge in [0.05, 0.1) is 0 Å². The Bertz CT molecular complexity index is 1470. The van der Waals surface area contributed by atoms with Gasteiger partial charge in [0.1, 0.15) is 13.2 Å². The summed E-state index contributed by atoms with van der Waals surface area (Å²) in [4.78, 5) is 38.3. The first-order valence-electron chi connectivity index (χ1n) is 33.1. The summed E-state index contributed by atoms with van der Waals surface area (Å²) in [6.45, 7) is 6.47. The molecule has 0 saturated heterocycles. The lowest BCUT2D eigenvalue weighted by molar-refractivity contribution is -0.166. The summed E-state index contributed by atoms with van der Waals surface area (Å²) in [5.41, 5.74) is 0. The van der Waals surface area contributed by atoms with Crippen molar-refractivity contribution in [1.82, 2.24) is 0 Å². The molecule has 0 spiro atoms. The largest absolute Gasteiger partial charge is 0.462 e. The SMILES string of the molecule is CC/C=C\C/C=C\C/C=C\C/C=C\CCC(=O)OCC(COC(=O)CCCCCCCCCCCCCCCCC/C=C\CCCCCCCCCC)OC(=O)CCCCCCCCCCC/C=C\C/C=C\CCCCC. The average Bonchev–Trinajstić information content (AvgIpc) is 3.43. The maximum atomic E-state index is 12.9. The molecule has 6 nitrogen and oxygen atoms in total. The van der Waals surface area contributed by atoms with Gasteiger partial charge in [-0.25, -0.2) is 0 Å². The summed E-state index contributed by atoms with van der Waals surface area (Å²) in [5.74, 6) is -0.975. The van der Waals surface area contributed by atoms with Crippen LogP contribution in [-0.2, 0) is 28.6 Å². The van der Waals surface area contributed by atoms with Crippen LogP contribution in [0.3, 0.4) is 0 Å². The van der Waals surface area contributed by atoms with Crippen LogP contribution < -0.4 is 0 Å². The molecule has 0 saturated carbocycles. The molecule has 0 aliphatic carbocycles. The van der Waals surface area contributed by atoms with Gasteiger partial charge < -0.3 is 14.2 Å². The first-order chi connectivity index (χ1) is 38.0. The van der Waals surface area contributed by atoms with Gasteiger partial charge in [-0.2, -0.15) is 0 Å².